The minimum Gasteiger partial charge on any atom is -0.507 e. The highest BCUT2D eigenvalue weighted by atomic mass is 16.5. The van der Waals surface area contributed by atoms with E-state index in [1.54, 1.807) is 0 Å². The number of carboxylic acids is 1. The second-order valence-electron chi connectivity index (χ2n) is 5.08. The van der Waals surface area contributed by atoms with Gasteiger partial charge >= 0.3 is 12.1 Å². The standard InChI is InChI=1S/C19H17NO5/c21-17-10-9-16(18(22)23)12-15(17)8-4-5-11-20-19(24)25-13-14-6-2-1-3-7-14/h1-3,6-7,9-10,12,21H,5,11,13H2,(H,20,24)(H,22,23). The van der Waals surface area contributed by atoms with E-state index in [9.17, 15) is 14.7 Å². The summed E-state index contributed by atoms with van der Waals surface area (Å²) in [5.41, 5.74) is 1.17. The lowest BCUT2D eigenvalue weighted by atomic mass is 10.1. The summed E-state index contributed by atoms with van der Waals surface area (Å²) in [6.07, 6.45) is -0.210. The molecule has 0 radical (unpaired) electrons. The number of carboxylic acid groups (broad SMARTS) is 1. The first-order valence-electron chi connectivity index (χ1n) is 7.56. The van der Waals surface area contributed by atoms with Gasteiger partial charge in [0.1, 0.15) is 12.4 Å². The quantitative estimate of drug-likeness (QED) is 0.575. The SMILES string of the molecule is O=C(NCCC#Cc1cc(C(=O)O)ccc1O)OCc1ccccc1. The maximum atomic E-state index is 11.5. The summed E-state index contributed by atoms with van der Waals surface area (Å²) in [5, 5.41) is 21.1. The Balaban J connectivity index is 1.76. The fraction of sp³-hybridized carbons (Fsp3) is 0.158. The van der Waals surface area contributed by atoms with Gasteiger partial charge in [-0.05, 0) is 23.8 Å². The Morgan fingerprint density at radius 1 is 1.12 bits per heavy atom. The molecule has 1 amide bonds. The molecule has 6 nitrogen and oxygen atoms in total. The molecular formula is C19H17NO5. The molecule has 2 aromatic rings. The van der Waals surface area contributed by atoms with Crippen LogP contribution in [0.5, 0.6) is 5.75 Å². The van der Waals surface area contributed by atoms with Gasteiger partial charge in [0.25, 0.3) is 0 Å². The lowest BCUT2D eigenvalue weighted by Gasteiger charge is -2.05. The lowest BCUT2D eigenvalue weighted by Crippen LogP contribution is -2.24. The molecule has 0 aliphatic carbocycles. The van der Waals surface area contributed by atoms with Gasteiger partial charge in [-0.2, -0.15) is 0 Å². The number of ether oxygens (including phenoxy) is 1. The first-order chi connectivity index (χ1) is 12.1. The Morgan fingerprint density at radius 3 is 2.60 bits per heavy atom. The predicted molar refractivity (Wildman–Crippen MR) is 91.2 cm³/mol. The molecular weight excluding hydrogens is 322 g/mol. The van der Waals surface area contributed by atoms with Crippen molar-refractivity contribution in [3.05, 3.63) is 65.2 Å². The van der Waals surface area contributed by atoms with Crippen molar-refractivity contribution in [3.63, 3.8) is 0 Å². The Hall–Kier alpha value is -3.46. The molecule has 0 unspecified atom stereocenters. The van der Waals surface area contributed by atoms with Crippen molar-refractivity contribution in [2.24, 2.45) is 0 Å². The molecule has 0 spiro atoms. The third kappa shape index (κ3) is 5.92. The summed E-state index contributed by atoms with van der Waals surface area (Å²) in [6, 6.07) is 13.2. The van der Waals surface area contributed by atoms with Gasteiger partial charge in [0.05, 0.1) is 11.1 Å². The minimum atomic E-state index is -1.09. The average Bonchev–Trinajstić information content (AvgIpc) is 2.61. The minimum absolute atomic E-state index is 0.0460. The molecule has 6 heteroatoms. The first-order valence-corrected chi connectivity index (χ1v) is 7.56. The van der Waals surface area contributed by atoms with Crippen LogP contribution in [0.4, 0.5) is 4.79 Å². The highest BCUT2D eigenvalue weighted by Crippen LogP contribution is 2.17. The van der Waals surface area contributed by atoms with Crippen LogP contribution >= 0.6 is 0 Å². The highest BCUT2D eigenvalue weighted by molar-refractivity contribution is 5.88. The van der Waals surface area contributed by atoms with Gasteiger partial charge in [-0.15, -0.1) is 0 Å². The van der Waals surface area contributed by atoms with Gasteiger partial charge in [0.15, 0.2) is 0 Å². The van der Waals surface area contributed by atoms with E-state index in [0.29, 0.717) is 6.42 Å². The van der Waals surface area contributed by atoms with Crippen LogP contribution in [-0.2, 0) is 11.3 Å². The fourth-order valence-electron chi connectivity index (χ4n) is 1.93. The number of hydrogen-bond acceptors (Lipinski definition) is 4. The van der Waals surface area contributed by atoms with Crippen LogP contribution in [0.15, 0.2) is 48.5 Å². The second kappa shape index (κ2) is 8.99. The third-order valence-electron chi connectivity index (χ3n) is 3.20. The van der Waals surface area contributed by atoms with Crippen molar-refractivity contribution >= 4 is 12.1 Å². The molecule has 0 atom stereocenters. The van der Waals surface area contributed by atoms with E-state index in [1.807, 2.05) is 30.3 Å². The van der Waals surface area contributed by atoms with Crippen molar-refractivity contribution in [2.75, 3.05) is 6.54 Å². The molecule has 128 valence electrons. The van der Waals surface area contributed by atoms with Gasteiger partial charge in [0.2, 0.25) is 0 Å². The van der Waals surface area contributed by atoms with E-state index in [-0.39, 0.29) is 30.0 Å². The van der Waals surface area contributed by atoms with E-state index in [1.165, 1.54) is 18.2 Å². The zero-order valence-corrected chi connectivity index (χ0v) is 13.4. The van der Waals surface area contributed by atoms with E-state index in [4.69, 9.17) is 9.84 Å². The van der Waals surface area contributed by atoms with Crippen LogP contribution in [0.2, 0.25) is 0 Å². The molecule has 2 rings (SSSR count). The van der Waals surface area contributed by atoms with Crippen LogP contribution in [-0.4, -0.2) is 28.8 Å². The molecule has 0 heterocycles. The van der Waals surface area contributed by atoms with Gasteiger partial charge < -0.3 is 20.3 Å². The maximum Gasteiger partial charge on any atom is 0.407 e. The Kier molecular flexibility index (Phi) is 6.43. The van der Waals surface area contributed by atoms with Crippen molar-refractivity contribution in [1.82, 2.24) is 5.32 Å². The fourth-order valence-corrected chi connectivity index (χ4v) is 1.93. The monoisotopic (exact) mass is 339 g/mol. The average molecular weight is 339 g/mol. The van der Waals surface area contributed by atoms with Crippen LogP contribution in [0, 0.1) is 11.8 Å². The number of aromatic carboxylic acids is 1. The summed E-state index contributed by atoms with van der Waals surface area (Å²) in [5.74, 6) is 4.27. The number of alkyl carbamates (subject to hydrolysis) is 1. The number of phenols is 1. The zero-order valence-electron chi connectivity index (χ0n) is 13.4. The number of hydrogen-bond donors (Lipinski definition) is 3. The Morgan fingerprint density at radius 2 is 1.88 bits per heavy atom. The zero-order chi connectivity index (χ0) is 18.1. The normalized spacial score (nSPS) is 9.60. The number of phenolic OH excluding ortho intramolecular Hbond substituents is 1. The number of rotatable bonds is 5. The predicted octanol–water partition coefficient (Wildman–Crippen LogP) is 2.76. The molecule has 0 bridgehead atoms. The number of amides is 1. The number of nitrogens with one attached hydrogen (secondary N) is 1. The molecule has 0 saturated heterocycles. The molecule has 0 aliphatic heterocycles. The third-order valence-corrected chi connectivity index (χ3v) is 3.20. The topological polar surface area (TPSA) is 95.9 Å². The highest BCUT2D eigenvalue weighted by Gasteiger charge is 2.06. The van der Waals surface area contributed by atoms with E-state index < -0.39 is 12.1 Å². The summed E-state index contributed by atoms with van der Waals surface area (Å²) in [7, 11) is 0. The van der Waals surface area contributed by atoms with Gasteiger partial charge in [-0.1, -0.05) is 42.2 Å². The molecule has 0 fully saturated rings. The second-order valence-corrected chi connectivity index (χ2v) is 5.08. The van der Waals surface area contributed by atoms with Gasteiger partial charge in [-0.25, -0.2) is 9.59 Å². The number of aromatic hydroxyl groups is 1. The summed E-state index contributed by atoms with van der Waals surface area (Å²) < 4.78 is 5.05. The maximum absolute atomic E-state index is 11.5. The molecule has 25 heavy (non-hydrogen) atoms. The number of carbonyl (C=O) groups excluding carboxylic acids is 1. The van der Waals surface area contributed by atoms with Crippen molar-refractivity contribution < 1.29 is 24.5 Å². The largest absolute Gasteiger partial charge is 0.507 e. The Labute approximate surface area is 145 Å². The Bertz CT molecular complexity index is 806. The van der Waals surface area contributed by atoms with Crippen molar-refractivity contribution in [3.8, 4) is 17.6 Å². The summed E-state index contributed by atoms with van der Waals surface area (Å²) >= 11 is 0. The number of carbonyl (C=O) groups is 2. The van der Waals surface area contributed by atoms with Gasteiger partial charge in [-0.3, -0.25) is 0 Å². The molecule has 3 N–H and O–H groups in total. The molecule has 0 saturated carbocycles. The van der Waals surface area contributed by atoms with E-state index in [2.05, 4.69) is 17.2 Å². The van der Waals surface area contributed by atoms with E-state index in [0.717, 1.165) is 5.56 Å². The van der Waals surface area contributed by atoms with E-state index >= 15 is 0 Å². The lowest BCUT2D eigenvalue weighted by molar-refractivity contribution is 0.0696. The first kappa shape index (κ1) is 17.9. The smallest absolute Gasteiger partial charge is 0.407 e. The van der Waals surface area contributed by atoms with Crippen LogP contribution in [0.25, 0.3) is 0 Å². The van der Waals surface area contributed by atoms with Crippen LogP contribution in [0.3, 0.4) is 0 Å². The summed E-state index contributed by atoms with van der Waals surface area (Å²) in [4.78, 5) is 22.4. The molecule has 0 aliphatic rings. The molecule has 2 aromatic carbocycles. The molecule has 0 aromatic heterocycles. The summed E-state index contributed by atoms with van der Waals surface area (Å²) in [6.45, 7) is 0.466. The van der Waals surface area contributed by atoms with Crippen LogP contribution in [0.1, 0.15) is 27.9 Å². The van der Waals surface area contributed by atoms with Crippen molar-refractivity contribution in [1.29, 1.82) is 0 Å². The van der Waals surface area contributed by atoms with Gasteiger partial charge in [0, 0.05) is 13.0 Å². The van der Waals surface area contributed by atoms with Crippen molar-refractivity contribution in [2.45, 2.75) is 13.0 Å². The van der Waals surface area contributed by atoms with Crippen LogP contribution < -0.4 is 5.32 Å². The number of benzene rings is 2.